The van der Waals surface area contributed by atoms with E-state index in [-0.39, 0.29) is 58.2 Å². The van der Waals surface area contributed by atoms with E-state index in [2.05, 4.69) is 27.0 Å². The van der Waals surface area contributed by atoms with Crippen molar-refractivity contribution < 1.29 is 26.9 Å². The van der Waals surface area contributed by atoms with Gasteiger partial charge in [0.2, 0.25) is 0 Å². The number of hydrogen-bond donors (Lipinski definition) is 1. The number of amides is 1. The fourth-order valence-electron chi connectivity index (χ4n) is 3.85. The molecule has 0 aromatic heterocycles. The van der Waals surface area contributed by atoms with Crippen molar-refractivity contribution in [3.05, 3.63) is 29.6 Å². The van der Waals surface area contributed by atoms with Crippen LogP contribution in [0.4, 0.5) is 4.39 Å². The van der Waals surface area contributed by atoms with Crippen LogP contribution in [0.15, 0.2) is 23.1 Å². The zero-order valence-electron chi connectivity index (χ0n) is 21.8. The maximum Gasteiger partial charge on any atom is 0.254 e. The number of carbonyl (C=O) groups excluding carboxylic acids is 1. The first-order chi connectivity index (χ1) is 15.4. The maximum absolute atomic E-state index is 13.6. The molecule has 1 amide bonds. The Bertz CT molecular complexity index is 990. The number of aliphatic hydroxyl groups is 1. The summed E-state index contributed by atoms with van der Waals surface area (Å²) < 4.78 is 45.1. The monoisotopic (exact) mass is 518 g/mol. The highest BCUT2D eigenvalue weighted by Crippen LogP contribution is 2.36. The van der Waals surface area contributed by atoms with Crippen LogP contribution in [0.25, 0.3) is 0 Å². The van der Waals surface area contributed by atoms with Gasteiger partial charge in [-0.2, -0.15) is 4.18 Å². The molecule has 9 heteroatoms. The number of likely N-dealkylation sites (tertiary alicyclic amines) is 1. The Labute approximate surface area is 207 Å². The molecule has 0 radical (unpaired) electrons. The molecule has 0 bridgehead atoms. The summed E-state index contributed by atoms with van der Waals surface area (Å²) in [5.74, 6) is -0.751. The van der Waals surface area contributed by atoms with E-state index in [1.165, 1.54) is 30.9 Å². The van der Waals surface area contributed by atoms with Gasteiger partial charge in [0.05, 0.1) is 9.64 Å². The highest BCUT2D eigenvalue weighted by molar-refractivity contribution is 7.93. The number of nitrogens with zero attached hydrogens (tertiary/aromatic N) is 1. The first-order valence-corrected chi connectivity index (χ1v) is 14.8. The quantitative estimate of drug-likeness (QED) is 0.394. The molecule has 1 N–H and O–H groups in total. The molecular weight excluding hydrogens is 477 g/mol. The molecule has 1 fully saturated rings. The standard InChI is InChI=1S/C25H41FNO5S2/c1-18(16-32-33(8)23(3,4)5)11-12-25(7,29)22(28)27-14-13-24(6,17-27)34(30,31)20-9-10-21(26)19(2)15-20/h9-10,15,18,29H,11-14,16-17H2,1-8H3/q+1/t18?,24-,25?,33?/m0/s1. The van der Waals surface area contributed by atoms with Gasteiger partial charge in [0.1, 0.15) is 35.5 Å². The van der Waals surface area contributed by atoms with Crippen molar-refractivity contribution in [2.45, 2.75) is 87.7 Å². The van der Waals surface area contributed by atoms with Gasteiger partial charge < -0.3 is 10.0 Å². The average Bonchev–Trinajstić information content (AvgIpc) is 3.14. The number of benzene rings is 1. The van der Waals surface area contributed by atoms with Crippen LogP contribution >= 0.6 is 0 Å². The van der Waals surface area contributed by atoms with Gasteiger partial charge in [-0.3, -0.25) is 4.79 Å². The van der Waals surface area contributed by atoms with Crippen molar-refractivity contribution in [2.24, 2.45) is 5.92 Å². The van der Waals surface area contributed by atoms with Gasteiger partial charge in [-0.25, -0.2) is 12.8 Å². The molecule has 0 spiro atoms. The van der Waals surface area contributed by atoms with Crippen LogP contribution < -0.4 is 0 Å². The summed E-state index contributed by atoms with van der Waals surface area (Å²) in [6.45, 7) is 13.8. The van der Waals surface area contributed by atoms with Crippen molar-refractivity contribution in [3.63, 3.8) is 0 Å². The van der Waals surface area contributed by atoms with Crippen LogP contribution in [0.2, 0.25) is 0 Å². The van der Waals surface area contributed by atoms with Crippen LogP contribution in [0.3, 0.4) is 0 Å². The normalized spacial score (nSPS) is 22.9. The lowest BCUT2D eigenvalue weighted by Crippen LogP contribution is -2.48. The molecule has 1 aromatic carbocycles. The third-order valence-corrected chi connectivity index (χ3v) is 11.5. The van der Waals surface area contributed by atoms with E-state index in [9.17, 15) is 22.7 Å². The minimum Gasteiger partial charge on any atom is -0.380 e. The second-order valence-corrected chi connectivity index (χ2v) is 15.9. The van der Waals surface area contributed by atoms with Crippen molar-refractivity contribution >= 4 is 26.9 Å². The Balaban J connectivity index is 2.01. The van der Waals surface area contributed by atoms with E-state index in [1.54, 1.807) is 6.92 Å². The lowest BCUT2D eigenvalue weighted by atomic mass is 9.93. The summed E-state index contributed by atoms with van der Waals surface area (Å²) in [5, 5.41) is 10.9. The molecule has 1 aromatic rings. The molecule has 1 aliphatic rings. The summed E-state index contributed by atoms with van der Waals surface area (Å²) in [4.78, 5) is 14.6. The van der Waals surface area contributed by atoms with Gasteiger partial charge in [-0.1, -0.05) is 6.92 Å². The van der Waals surface area contributed by atoms with Gasteiger partial charge >= 0.3 is 0 Å². The molecule has 6 nitrogen and oxygen atoms in total. The highest BCUT2D eigenvalue weighted by Gasteiger charge is 2.49. The van der Waals surface area contributed by atoms with Crippen molar-refractivity contribution in [1.82, 2.24) is 4.90 Å². The fourth-order valence-corrected chi connectivity index (χ4v) is 6.47. The number of sulfone groups is 1. The van der Waals surface area contributed by atoms with Crippen molar-refractivity contribution in [3.8, 4) is 0 Å². The smallest absolute Gasteiger partial charge is 0.254 e. The summed E-state index contributed by atoms with van der Waals surface area (Å²) >= 11 is -0.195. The van der Waals surface area contributed by atoms with E-state index in [1.807, 2.05) is 6.92 Å². The van der Waals surface area contributed by atoms with Crippen molar-refractivity contribution in [2.75, 3.05) is 26.0 Å². The van der Waals surface area contributed by atoms with Crippen LogP contribution in [0, 0.1) is 18.7 Å². The lowest BCUT2D eigenvalue weighted by molar-refractivity contribution is -0.149. The molecule has 4 atom stereocenters. The minimum atomic E-state index is -3.80. The molecule has 1 aliphatic heterocycles. The predicted octanol–water partition coefficient (Wildman–Crippen LogP) is 4.04. The maximum atomic E-state index is 13.6. The number of hydrogen-bond acceptors (Lipinski definition) is 5. The minimum absolute atomic E-state index is 0.0103. The predicted molar refractivity (Wildman–Crippen MR) is 136 cm³/mol. The number of aryl methyl sites for hydroxylation is 1. The number of rotatable bonds is 9. The van der Waals surface area contributed by atoms with Crippen LogP contribution in [0.5, 0.6) is 0 Å². The topological polar surface area (TPSA) is 83.9 Å². The molecule has 1 saturated heterocycles. The highest BCUT2D eigenvalue weighted by atomic mass is 32.2. The van der Waals surface area contributed by atoms with Gasteiger partial charge in [-0.05, 0) is 90.5 Å². The second kappa shape index (κ2) is 10.4. The van der Waals surface area contributed by atoms with Crippen molar-refractivity contribution in [1.29, 1.82) is 0 Å². The van der Waals surface area contributed by atoms with E-state index in [4.69, 9.17) is 4.18 Å². The lowest BCUT2D eigenvalue weighted by Gasteiger charge is -2.30. The summed E-state index contributed by atoms with van der Waals surface area (Å²) in [6.07, 6.45) is 3.19. The first kappa shape index (κ1) is 29.1. The van der Waals surface area contributed by atoms with Crippen LogP contribution in [0.1, 0.15) is 66.4 Å². The van der Waals surface area contributed by atoms with E-state index < -0.39 is 31.9 Å². The first-order valence-electron chi connectivity index (χ1n) is 11.7. The van der Waals surface area contributed by atoms with Gasteiger partial charge in [-0.15, -0.1) is 0 Å². The largest absolute Gasteiger partial charge is 0.380 e. The molecule has 194 valence electrons. The Morgan fingerprint density at radius 1 is 1.32 bits per heavy atom. The third-order valence-electron chi connectivity index (χ3n) is 6.79. The van der Waals surface area contributed by atoms with E-state index in [0.717, 1.165) is 6.07 Å². The SMILES string of the molecule is Cc1cc(S(=O)(=O)[C@@]2(C)CCN(C(=O)C(C)(O)CCC(C)CO[S+](C)C(C)(C)C)C2)ccc1F. The molecule has 0 aliphatic carbocycles. The Morgan fingerprint density at radius 2 is 1.94 bits per heavy atom. The second-order valence-electron chi connectivity index (χ2n) is 11.1. The Morgan fingerprint density at radius 3 is 2.50 bits per heavy atom. The molecule has 1 heterocycles. The van der Waals surface area contributed by atoms with E-state index >= 15 is 0 Å². The summed E-state index contributed by atoms with van der Waals surface area (Å²) in [7, 11) is -3.80. The van der Waals surface area contributed by atoms with E-state index in [0.29, 0.717) is 13.0 Å². The Kier molecular flexibility index (Phi) is 8.93. The molecule has 34 heavy (non-hydrogen) atoms. The zero-order valence-corrected chi connectivity index (χ0v) is 23.4. The van der Waals surface area contributed by atoms with Gasteiger partial charge in [0, 0.05) is 13.1 Å². The number of carbonyl (C=O) groups is 1. The van der Waals surface area contributed by atoms with Crippen LogP contribution in [-0.4, -0.2) is 65.4 Å². The number of halogens is 1. The molecular formula is C25H41FNO5S2+. The summed E-state index contributed by atoms with van der Waals surface area (Å²) in [5.41, 5.74) is -1.33. The molecule has 0 saturated carbocycles. The third kappa shape index (κ3) is 6.53. The summed E-state index contributed by atoms with van der Waals surface area (Å²) in [6, 6.07) is 3.76. The molecule has 2 rings (SSSR count). The Hall–Kier alpha value is -1.16. The fraction of sp³-hybridized carbons (Fsp3) is 0.720. The molecule has 3 unspecified atom stereocenters. The van der Waals surface area contributed by atoms with Gasteiger partial charge in [0.15, 0.2) is 14.6 Å². The van der Waals surface area contributed by atoms with Crippen LogP contribution in [-0.2, 0) is 30.0 Å². The average molecular weight is 519 g/mol. The van der Waals surface area contributed by atoms with Gasteiger partial charge in [0.25, 0.3) is 5.91 Å². The zero-order chi connectivity index (χ0) is 26.1.